The van der Waals surface area contributed by atoms with Gasteiger partial charge in [-0.3, -0.25) is 9.40 Å². The number of aliphatic hydroxyl groups is 1. The monoisotopic (exact) mass is 285 g/mol. The summed E-state index contributed by atoms with van der Waals surface area (Å²) >= 11 is 0. The van der Waals surface area contributed by atoms with Crippen LogP contribution < -0.4 is 4.31 Å². The number of hydrogen-bond acceptors (Lipinski definition) is 4. The van der Waals surface area contributed by atoms with E-state index in [2.05, 4.69) is 10.2 Å². The van der Waals surface area contributed by atoms with E-state index in [9.17, 15) is 12.8 Å². The molecular weight excluding hydrogens is 273 g/mol. The maximum atomic E-state index is 13.6. The topological polar surface area (TPSA) is 86.3 Å². The van der Waals surface area contributed by atoms with Crippen molar-refractivity contribution in [1.29, 1.82) is 0 Å². The number of benzene rings is 1. The van der Waals surface area contributed by atoms with E-state index in [1.165, 1.54) is 37.5 Å². The summed E-state index contributed by atoms with van der Waals surface area (Å²) in [4.78, 5) is 0. The van der Waals surface area contributed by atoms with Crippen molar-refractivity contribution < 1.29 is 17.9 Å². The van der Waals surface area contributed by atoms with Crippen LogP contribution in [0.5, 0.6) is 0 Å². The lowest BCUT2D eigenvalue weighted by atomic mass is 10.3. The molecule has 1 aromatic heterocycles. The highest BCUT2D eigenvalue weighted by Gasteiger charge is 2.27. The standard InChI is InChI=1S/C11H12FN3O3S/c1-15(10-5-3-2-4-9(10)12)19(17,18)11-8(7-16)6-13-14-11/h2-6,16H,7H2,1H3,(H,13,14). The highest BCUT2D eigenvalue weighted by Crippen LogP contribution is 2.24. The van der Waals surface area contributed by atoms with Crippen LogP contribution in [0.1, 0.15) is 5.56 Å². The van der Waals surface area contributed by atoms with Gasteiger partial charge in [0.05, 0.1) is 18.5 Å². The van der Waals surface area contributed by atoms with Crippen LogP contribution in [0.3, 0.4) is 0 Å². The summed E-state index contributed by atoms with van der Waals surface area (Å²) in [5, 5.41) is 14.7. The number of halogens is 1. The molecule has 0 aliphatic carbocycles. The molecule has 1 heterocycles. The van der Waals surface area contributed by atoms with Gasteiger partial charge in [0.2, 0.25) is 0 Å². The second kappa shape index (κ2) is 4.98. The second-order valence-electron chi connectivity index (χ2n) is 3.81. The zero-order valence-corrected chi connectivity index (χ0v) is 10.9. The summed E-state index contributed by atoms with van der Waals surface area (Å²) in [5.41, 5.74) is 0.0455. The predicted molar refractivity (Wildman–Crippen MR) is 66.5 cm³/mol. The molecule has 0 amide bonds. The molecule has 0 fully saturated rings. The van der Waals surface area contributed by atoms with Gasteiger partial charge in [-0.15, -0.1) is 0 Å². The zero-order valence-electron chi connectivity index (χ0n) is 10.0. The summed E-state index contributed by atoms with van der Waals surface area (Å²) in [6, 6.07) is 5.52. The first kappa shape index (κ1) is 13.5. The third-order valence-electron chi connectivity index (χ3n) is 2.66. The molecule has 8 heteroatoms. The average Bonchev–Trinajstić information content (AvgIpc) is 2.87. The van der Waals surface area contributed by atoms with Gasteiger partial charge in [0, 0.05) is 12.6 Å². The van der Waals surface area contributed by atoms with E-state index in [0.717, 1.165) is 4.31 Å². The Morgan fingerprint density at radius 1 is 1.42 bits per heavy atom. The van der Waals surface area contributed by atoms with Crippen LogP contribution in [0.2, 0.25) is 0 Å². The predicted octanol–water partition coefficient (Wildman–Crippen LogP) is 0.866. The van der Waals surface area contributed by atoms with Gasteiger partial charge in [-0.2, -0.15) is 13.5 Å². The molecule has 0 saturated carbocycles. The number of anilines is 1. The Hall–Kier alpha value is -1.93. The summed E-state index contributed by atoms with van der Waals surface area (Å²) in [5.74, 6) is -0.654. The first-order chi connectivity index (χ1) is 8.98. The Balaban J connectivity index is 2.49. The number of rotatable bonds is 4. The Labute approximate surface area is 109 Å². The van der Waals surface area contributed by atoms with Crippen molar-refractivity contribution in [3.63, 3.8) is 0 Å². The molecule has 1 aromatic carbocycles. The van der Waals surface area contributed by atoms with Crippen LogP contribution in [-0.2, 0) is 16.6 Å². The van der Waals surface area contributed by atoms with Crippen molar-refractivity contribution in [2.24, 2.45) is 0 Å². The summed E-state index contributed by atoms with van der Waals surface area (Å²) in [6.07, 6.45) is 1.21. The van der Waals surface area contributed by atoms with Crippen molar-refractivity contribution in [3.05, 3.63) is 41.8 Å². The third-order valence-corrected chi connectivity index (χ3v) is 4.45. The fraction of sp³-hybridized carbons (Fsp3) is 0.182. The van der Waals surface area contributed by atoms with E-state index in [1.54, 1.807) is 0 Å². The molecule has 0 atom stereocenters. The largest absolute Gasteiger partial charge is 0.392 e. The molecule has 102 valence electrons. The van der Waals surface area contributed by atoms with Gasteiger partial charge in [0.1, 0.15) is 5.82 Å². The first-order valence-electron chi connectivity index (χ1n) is 5.35. The zero-order chi connectivity index (χ0) is 14.0. The van der Waals surface area contributed by atoms with Crippen molar-refractivity contribution in [3.8, 4) is 0 Å². The number of para-hydroxylation sites is 1. The summed E-state index contributed by atoms with van der Waals surface area (Å²) in [6.45, 7) is -0.476. The molecule has 2 aromatic rings. The minimum atomic E-state index is -4.00. The smallest absolute Gasteiger partial charge is 0.281 e. The van der Waals surface area contributed by atoms with Crippen LogP contribution in [0.4, 0.5) is 10.1 Å². The van der Waals surface area contributed by atoms with Crippen LogP contribution in [0.15, 0.2) is 35.5 Å². The lowest BCUT2D eigenvalue weighted by Gasteiger charge is -2.19. The van der Waals surface area contributed by atoms with Gasteiger partial charge in [0.15, 0.2) is 5.03 Å². The van der Waals surface area contributed by atoms with E-state index in [4.69, 9.17) is 5.11 Å². The van der Waals surface area contributed by atoms with E-state index < -0.39 is 22.4 Å². The highest BCUT2D eigenvalue weighted by molar-refractivity contribution is 7.92. The molecule has 2 rings (SSSR count). The van der Waals surface area contributed by atoms with Gasteiger partial charge in [0.25, 0.3) is 10.0 Å². The van der Waals surface area contributed by atoms with Crippen LogP contribution in [0, 0.1) is 5.82 Å². The number of nitrogens with one attached hydrogen (secondary N) is 1. The molecule has 0 aliphatic rings. The van der Waals surface area contributed by atoms with Gasteiger partial charge in [-0.25, -0.2) is 4.39 Å². The van der Waals surface area contributed by atoms with Crippen LogP contribution in [-0.4, -0.2) is 30.8 Å². The van der Waals surface area contributed by atoms with Gasteiger partial charge in [-0.05, 0) is 12.1 Å². The van der Waals surface area contributed by atoms with E-state index >= 15 is 0 Å². The number of sulfonamides is 1. The van der Waals surface area contributed by atoms with E-state index in [-0.39, 0.29) is 16.3 Å². The summed E-state index contributed by atoms with van der Waals surface area (Å²) < 4.78 is 39.0. The average molecular weight is 285 g/mol. The number of nitrogens with zero attached hydrogens (tertiary/aromatic N) is 2. The Kier molecular flexibility index (Phi) is 3.54. The number of aromatic amines is 1. The SMILES string of the molecule is CN(c1ccccc1F)S(=O)(=O)c1[nH]ncc1CO. The van der Waals surface area contributed by atoms with Gasteiger partial charge in [-0.1, -0.05) is 12.1 Å². The number of hydrogen-bond donors (Lipinski definition) is 2. The lowest BCUT2D eigenvalue weighted by molar-refractivity contribution is 0.278. The minimum absolute atomic E-state index is 0.0824. The normalized spacial score (nSPS) is 11.5. The quantitative estimate of drug-likeness (QED) is 0.872. The lowest BCUT2D eigenvalue weighted by Crippen LogP contribution is -2.28. The molecule has 0 saturated heterocycles. The molecule has 19 heavy (non-hydrogen) atoms. The Morgan fingerprint density at radius 2 is 2.11 bits per heavy atom. The summed E-state index contributed by atoms with van der Waals surface area (Å²) in [7, 11) is -2.77. The van der Waals surface area contributed by atoms with Crippen molar-refractivity contribution in [2.75, 3.05) is 11.4 Å². The van der Waals surface area contributed by atoms with Crippen molar-refractivity contribution in [1.82, 2.24) is 10.2 Å². The van der Waals surface area contributed by atoms with E-state index in [0.29, 0.717) is 0 Å². The maximum absolute atomic E-state index is 13.6. The van der Waals surface area contributed by atoms with E-state index in [1.807, 2.05) is 0 Å². The Bertz CT molecular complexity index is 684. The molecule has 0 unspecified atom stereocenters. The van der Waals surface area contributed by atoms with Crippen LogP contribution in [0.25, 0.3) is 0 Å². The second-order valence-corrected chi connectivity index (χ2v) is 5.71. The molecule has 6 nitrogen and oxygen atoms in total. The first-order valence-corrected chi connectivity index (χ1v) is 6.79. The van der Waals surface area contributed by atoms with Crippen LogP contribution >= 0.6 is 0 Å². The maximum Gasteiger partial charge on any atom is 0.281 e. The third kappa shape index (κ3) is 2.32. The van der Waals surface area contributed by atoms with Crippen molar-refractivity contribution in [2.45, 2.75) is 11.6 Å². The number of H-pyrrole nitrogens is 1. The van der Waals surface area contributed by atoms with Gasteiger partial charge < -0.3 is 5.11 Å². The highest BCUT2D eigenvalue weighted by atomic mass is 32.2. The molecule has 0 spiro atoms. The fourth-order valence-corrected chi connectivity index (χ4v) is 2.91. The van der Waals surface area contributed by atoms with Crippen molar-refractivity contribution >= 4 is 15.7 Å². The fourth-order valence-electron chi connectivity index (χ4n) is 1.61. The van der Waals surface area contributed by atoms with Gasteiger partial charge >= 0.3 is 0 Å². The molecule has 0 aliphatic heterocycles. The Morgan fingerprint density at radius 3 is 2.74 bits per heavy atom. The molecule has 0 radical (unpaired) electrons. The molecular formula is C11H12FN3O3S. The molecule has 2 N–H and O–H groups in total. The number of aromatic nitrogens is 2. The minimum Gasteiger partial charge on any atom is -0.392 e. The number of aliphatic hydroxyl groups excluding tert-OH is 1. The molecule has 0 bridgehead atoms.